The van der Waals surface area contributed by atoms with E-state index in [2.05, 4.69) is 61.0 Å². The molecule has 3 aromatic heterocycles. The smallest absolute Gasteiger partial charge is 0.241 e. The molecule has 0 fully saturated rings. The van der Waals surface area contributed by atoms with Gasteiger partial charge < -0.3 is 4.52 Å². The standard InChI is InChI=1S/C16H23N5OS/c1-10-7-21-13(11(2)17-15(21)23-10)14-18-12(22-19-14)8-20(6)9-16(3,4)5/h7H,8-9H2,1-6H3. The largest absolute Gasteiger partial charge is 0.337 e. The molecule has 0 bridgehead atoms. The summed E-state index contributed by atoms with van der Waals surface area (Å²) in [4.78, 5) is 13.5. The lowest BCUT2D eigenvalue weighted by Crippen LogP contribution is -2.28. The van der Waals surface area contributed by atoms with Crippen molar-refractivity contribution in [1.82, 2.24) is 24.4 Å². The van der Waals surface area contributed by atoms with E-state index in [0.717, 1.165) is 22.9 Å². The van der Waals surface area contributed by atoms with E-state index >= 15 is 0 Å². The zero-order valence-corrected chi connectivity index (χ0v) is 15.4. The van der Waals surface area contributed by atoms with E-state index in [1.54, 1.807) is 11.3 Å². The molecule has 7 heteroatoms. The Morgan fingerprint density at radius 3 is 2.70 bits per heavy atom. The quantitative estimate of drug-likeness (QED) is 0.731. The highest BCUT2D eigenvalue weighted by molar-refractivity contribution is 7.17. The van der Waals surface area contributed by atoms with E-state index in [1.807, 2.05) is 11.3 Å². The predicted octanol–water partition coefficient (Wildman–Crippen LogP) is 3.54. The maximum absolute atomic E-state index is 5.44. The van der Waals surface area contributed by atoms with Gasteiger partial charge in [0.25, 0.3) is 0 Å². The van der Waals surface area contributed by atoms with Gasteiger partial charge in [-0.1, -0.05) is 25.9 Å². The number of nitrogens with zero attached hydrogens (tertiary/aromatic N) is 5. The fourth-order valence-electron chi connectivity index (χ4n) is 2.85. The normalized spacial score (nSPS) is 12.7. The molecule has 0 N–H and O–H groups in total. The van der Waals surface area contributed by atoms with Crippen molar-refractivity contribution in [1.29, 1.82) is 0 Å². The number of rotatable bonds is 4. The van der Waals surface area contributed by atoms with Gasteiger partial charge in [0.1, 0.15) is 5.69 Å². The Labute approximate surface area is 140 Å². The molecule has 0 aliphatic heterocycles. The van der Waals surface area contributed by atoms with Crippen molar-refractivity contribution >= 4 is 16.3 Å². The van der Waals surface area contributed by atoms with Crippen LogP contribution in [0.1, 0.15) is 37.2 Å². The predicted molar refractivity (Wildman–Crippen MR) is 91.6 cm³/mol. The minimum absolute atomic E-state index is 0.236. The summed E-state index contributed by atoms with van der Waals surface area (Å²) < 4.78 is 7.49. The molecule has 0 spiro atoms. The van der Waals surface area contributed by atoms with Gasteiger partial charge >= 0.3 is 0 Å². The summed E-state index contributed by atoms with van der Waals surface area (Å²) in [6.45, 7) is 12.3. The molecule has 0 unspecified atom stereocenters. The molecule has 3 aromatic rings. The SMILES string of the molecule is Cc1cn2c(-c3noc(CN(C)CC(C)(C)C)n3)c(C)nc2s1. The summed E-state index contributed by atoms with van der Waals surface area (Å²) in [5.74, 6) is 1.24. The summed E-state index contributed by atoms with van der Waals surface area (Å²) in [6, 6.07) is 0. The number of aromatic nitrogens is 4. The van der Waals surface area contributed by atoms with E-state index in [0.29, 0.717) is 18.3 Å². The van der Waals surface area contributed by atoms with Gasteiger partial charge in [0.2, 0.25) is 11.7 Å². The highest BCUT2D eigenvalue weighted by Crippen LogP contribution is 2.27. The Morgan fingerprint density at radius 2 is 2.00 bits per heavy atom. The minimum atomic E-state index is 0.236. The topological polar surface area (TPSA) is 59.5 Å². The maximum atomic E-state index is 5.44. The monoisotopic (exact) mass is 333 g/mol. The van der Waals surface area contributed by atoms with Crippen molar-refractivity contribution in [3.63, 3.8) is 0 Å². The van der Waals surface area contributed by atoms with Crippen LogP contribution >= 0.6 is 11.3 Å². The van der Waals surface area contributed by atoms with Crippen LogP contribution in [0.4, 0.5) is 0 Å². The molecule has 3 rings (SSSR count). The molecule has 3 heterocycles. The van der Waals surface area contributed by atoms with Crippen LogP contribution in [-0.2, 0) is 6.54 Å². The number of aryl methyl sites for hydroxylation is 2. The molecule has 0 aromatic carbocycles. The molecule has 0 aliphatic carbocycles. The van der Waals surface area contributed by atoms with Gasteiger partial charge in [0.15, 0.2) is 4.96 Å². The number of fused-ring (bicyclic) bond motifs is 1. The van der Waals surface area contributed by atoms with Gasteiger partial charge in [-0.3, -0.25) is 9.30 Å². The van der Waals surface area contributed by atoms with E-state index in [4.69, 9.17) is 4.52 Å². The van der Waals surface area contributed by atoms with Crippen LogP contribution in [-0.4, -0.2) is 38.0 Å². The van der Waals surface area contributed by atoms with Gasteiger partial charge in [-0.05, 0) is 26.3 Å². The van der Waals surface area contributed by atoms with E-state index < -0.39 is 0 Å². The molecule has 0 amide bonds. The Hall–Kier alpha value is -1.73. The Bertz CT molecular complexity index is 823. The molecule has 6 nitrogen and oxygen atoms in total. The molecule has 0 radical (unpaired) electrons. The summed E-state index contributed by atoms with van der Waals surface area (Å²) in [6.07, 6.45) is 2.07. The molecule has 23 heavy (non-hydrogen) atoms. The lowest BCUT2D eigenvalue weighted by atomic mass is 9.96. The van der Waals surface area contributed by atoms with E-state index in [-0.39, 0.29) is 5.41 Å². The van der Waals surface area contributed by atoms with E-state index in [1.165, 1.54) is 4.88 Å². The lowest BCUT2D eigenvalue weighted by molar-refractivity contribution is 0.198. The third-order valence-corrected chi connectivity index (χ3v) is 4.34. The lowest BCUT2D eigenvalue weighted by Gasteiger charge is -2.25. The number of hydrogen-bond acceptors (Lipinski definition) is 6. The highest BCUT2D eigenvalue weighted by Gasteiger charge is 2.20. The first kappa shape index (κ1) is 16.1. The van der Waals surface area contributed by atoms with Crippen LogP contribution < -0.4 is 0 Å². The van der Waals surface area contributed by atoms with Gasteiger partial charge in [-0.15, -0.1) is 11.3 Å². The first-order valence-electron chi connectivity index (χ1n) is 7.69. The van der Waals surface area contributed by atoms with Crippen molar-refractivity contribution in [2.45, 2.75) is 41.2 Å². The molecule has 124 valence electrons. The molecule has 0 atom stereocenters. The van der Waals surface area contributed by atoms with Crippen molar-refractivity contribution < 1.29 is 4.52 Å². The second-order valence-electron chi connectivity index (χ2n) is 7.28. The number of imidazole rings is 1. The van der Waals surface area contributed by atoms with Crippen LogP contribution in [0, 0.1) is 19.3 Å². The van der Waals surface area contributed by atoms with Crippen molar-refractivity contribution in [2.24, 2.45) is 5.41 Å². The summed E-state index contributed by atoms with van der Waals surface area (Å²) >= 11 is 1.66. The van der Waals surface area contributed by atoms with Crippen molar-refractivity contribution in [3.8, 4) is 11.5 Å². The number of hydrogen-bond donors (Lipinski definition) is 0. The fraction of sp³-hybridized carbons (Fsp3) is 0.562. The van der Waals surface area contributed by atoms with Gasteiger partial charge in [0, 0.05) is 17.6 Å². The second-order valence-corrected chi connectivity index (χ2v) is 8.50. The third kappa shape index (κ3) is 3.45. The first-order chi connectivity index (χ1) is 10.7. The molecule has 0 saturated carbocycles. The minimum Gasteiger partial charge on any atom is -0.337 e. The maximum Gasteiger partial charge on any atom is 0.241 e. The van der Waals surface area contributed by atoms with E-state index in [9.17, 15) is 0 Å². The van der Waals surface area contributed by atoms with Gasteiger partial charge in [-0.25, -0.2) is 4.98 Å². The average Bonchev–Trinajstić information content (AvgIpc) is 3.01. The fourth-order valence-corrected chi connectivity index (χ4v) is 3.72. The Balaban J connectivity index is 1.85. The second kappa shape index (κ2) is 5.72. The summed E-state index contributed by atoms with van der Waals surface area (Å²) in [5.41, 5.74) is 2.07. The van der Waals surface area contributed by atoms with Crippen LogP contribution in [0.25, 0.3) is 16.5 Å². The highest BCUT2D eigenvalue weighted by atomic mass is 32.1. The Kier molecular flexibility index (Phi) is 4.01. The van der Waals surface area contributed by atoms with Crippen molar-refractivity contribution in [2.75, 3.05) is 13.6 Å². The van der Waals surface area contributed by atoms with Crippen LogP contribution in [0.2, 0.25) is 0 Å². The van der Waals surface area contributed by atoms with Gasteiger partial charge in [0.05, 0.1) is 12.2 Å². The zero-order valence-electron chi connectivity index (χ0n) is 14.5. The molecule has 0 aliphatic rings. The van der Waals surface area contributed by atoms with Gasteiger partial charge in [-0.2, -0.15) is 4.98 Å². The molecule has 0 saturated heterocycles. The average molecular weight is 333 g/mol. The summed E-state index contributed by atoms with van der Waals surface area (Å²) in [5, 5.41) is 4.16. The molecular formula is C16H23N5OS. The summed E-state index contributed by atoms with van der Waals surface area (Å²) in [7, 11) is 2.07. The van der Waals surface area contributed by atoms with Crippen LogP contribution in [0.15, 0.2) is 10.7 Å². The third-order valence-electron chi connectivity index (χ3n) is 3.45. The first-order valence-corrected chi connectivity index (χ1v) is 8.51. The van der Waals surface area contributed by atoms with Crippen molar-refractivity contribution in [3.05, 3.63) is 22.7 Å². The number of thiazole rings is 1. The zero-order chi connectivity index (χ0) is 16.8. The van der Waals surface area contributed by atoms with Crippen LogP contribution in [0.3, 0.4) is 0 Å². The molecular weight excluding hydrogens is 310 g/mol. The van der Waals surface area contributed by atoms with Crippen LogP contribution in [0.5, 0.6) is 0 Å². The Morgan fingerprint density at radius 1 is 1.26 bits per heavy atom.